The summed E-state index contributed by atoms with van der Waals surface area (Å²) in [4.78, 5) is 20.8. The highest BCUT2D eigenvalue weighted by atomic mass is 16.2. The van der Waals surface area contributed by atoms with Gasteiger partial charge in [0.25, 0.3) is 0 Å². The number of aromatic nitrogens is 1. The number of rotatable bonds is 6. The monoisotopic (exact) mass is 378 g/mol. The predicted octanol–water partition coefficient (Wildman–Crippen LogP) is 3.53. The van der Waals surface area contributed by atoms with Gasteiger partial charge in [0.1, 0.15) is 0 Å². The molecule has 1 aromatic heterocycles. The van der Waals surface area contributed by atoms with Gasteiger partial charge >= 0.3 is 0 Å². The van der Waals surface area contributed by atoms with Gasteiger partial charge in [-0.2, -0.15) is 0 Å². The van der Waals surface area contributed by atoms with Gasteiger partial charge in [-0.25, -0.2) is 0 Å². The van der Waals surface area contributed by atoms with Gasteiger partial charge in [-0.1, -0.05) is 13.0 Å². The third kappa shape index (κ3) is 4.36. The van der Waals surface area contributed by atoms with Crippen LogP contribution < -0.4 is 15.1 Å². The van der Waals surface area contributed by atoms with E-state index in [2.05, 4.69) is 58.5 Å². The van der Waals surface area contributed by atoms with Crippen LogP contribution in [0.4, 0.5) is 11.4 Å². The second-order valence-corrected chi connectivity index (χ2v) is 7.82. The smallest absolute Gasteiger partial charge is 0.227 e. The Balaban J connectivity index is 1.26. The number of nitrogens with zero attached hydrogens (tertiary/aromatic N) is 3. The standard InChI is InChI=1S/C23H30N4O/c1-2-18-5-6-20(24-16-18)17-25-19-11-14-26(15-12-19)21-7-9-22(10-8-21)27-13-3-4-23(27)28/h5-10,16,19,25H,2-4,11-15,17H2,1H3. The van der Waals surface area contributed by atoms with Gasteiger partial charge < -0.3 is 15.1 Å². The summed E-state index contributed by atoms with van der Waals surface area (Å²) >= 11 is 0. The Morgan fingerprint density at radius 3 is 2.39 bits per heavy atom. The number of hydrogen-bond acceptors (Lipinski definition) is 4. The summed E-state index contributed by atoms with van der Waals surface area (Å²) in [5.41, 5.74) is 4.69. The van der Waals surface area contributed by atoms with Crippen LogP contribution in [0.5, 0.6) is 0 Å². The van der Waals surface area contributed by atoms with E-state index in [0.717, 1.165) is 63.2 Å². The Kier molecular flexibility index (Phi) is 5.91. The number of benzene rings is 1. The zero-order chi connectivity index (χ0) is 19.3. The van der Waals surface area contributed by atoms with Crippen molar-refractivity contribution in [3.63, 3.8) is 0 Å². The molecule has 1 aromatic carbocycles. The molecule has 2 aliphatic rings. The average molecular weight is 379 g/mol. The van der Waals surface area contributed by atoms with Crippen LogP contribution in [-0.2, 0) is 17.8 Å². The molecule has 1 N–H and O–H groups in total. The first-order valence-electron chi connectivity index (χ1n) is 10.6. The molecule has 0 spiro atoms. The molecular formula is C23H30N4O. The van der Waals surface area contributed by atoms with E-state index in [1.807, 2.05) is 11.1 Å². The van der Waals surface area contributed by atoms with Crippen LogP contribution in [0.15, 0.2) is 42.6 Å². The summed E-state index contributed by atoms with van der Waals surface area (Å²) in [5.74, 6) is 0.249. The molecule has 2 saturated heterocycles. The maximum absolute atomic E-state index is 11.9. The first-order chi connectivity index (χ1) is 13.7. The van der Waals surface area contributed by atoms with Gasteiger partial charge in [0.15, 0.2) is 0 Å². The van der Waals surface area contributed by atoms with Crippen molar-refractivity contribution in [1.29, 1.82) is 0 Å². The zero-order valence-electron chi connectivity index (χ0n) is 16.7. The fraction of sp³-hybridized carbons (Fsp3) is 0.478. The van der Waals surface area contributed by atoms with Gasteiger partial charge in [0.05, 0.1) is 5.69 Å². The van der Waals surface area contributed by atoms with Gasteiger partial charge in [-0.3, -0.25) is 9.78 Å². The molecule has 3 heterocycles. The lowest BCUT2D eigenvalue weighted by Crippen LogP contribution is -2.42. The Hall–Kier alpha value is -2.40. The van der Waals surface area contributed by atoms with Crippen LogP contribution in [0.3, 0.4) is 0 Å². The minimum atomic E-state index is 0.249. The van der Waals surface area contributed by atoms with Gasteiger partial charge in [0.2, 0.25) is 5.91 Å². The number of anilines is 2. The highest BCUT2D eigenvalue weighted by Gasteiger charge is 2.22. The fourth-order valence-corrected chi connectivity index (χ4v) is 4.12. The molecule has 5 nitrogen and oxygen atoms in total. The van der Waals surface area contributed by atoms with E-state index in [1.165, 1.54) is 11.3 Å². The lowest BCUT2D eigenvalue weighted by molar-refractivity contribution is -0.117. The molecule has 28 heavy (non-hydrogen) atoms. The zero-order valence-corrected chi connectivity index (χ0v) is 16.7. The predicted molar refractivity (Wildman–Crippen MR) is 114 cm³/mol. The lowest BCUT2D eigenvalue weighted by atomic mass is 10.0. The molecule has 1 amide bonds. The number of aryl methyl sites for hydroxylation is 1. The lowest BCUT2D eigenvalue weighted by Gasteiger charge is -2.34. The summed E-state index contributed by atoms with van der Waals surface area (Å²) in [6, 6.07) is 13.4. The number of amides is 1. The van der Waals surface area contributed by atoms with Crippen LogP contribution in [-0.4, -0.2) is 36.6 Å². The van der Waals surface area contributed by atoms with Gasteiger partial charge in [-0.05, 0) is 61.6 Å². The number of pyridine rings is 1. The summed E-state index contributed by atoms with van der Waals surface area (Å²) in [6.07, 6.45) is 6.95. The van der Waals surface area contributed by atoms with Crippen LogP contribution in [0, 0.1) is 0 Å². The molecule has 2 aromatic rings. The molecule has 2 fully saturated rings. The van der Waals surface area contributed by atoms with E-state index >= 15 is 0 Å². The summed E-state index contributed by atoms with van der Waals surface area (Å²) < 4.78 is 0. The number of nitrogens with one attached hydrogen (secondary N) is 1. The number of piperidine rings is 1. The van der Waals surface area contributed by atoms with Crippen molar-refractivity contribution in [2.24, 2.45) is 0 Å². The molecule has 0 saturated carbocycles. The van der Waals surface area contributed by atoms with Crippen molar-refractivity contribution < 1.29 is 4.79 Å². The van der Waals surface area contributed by atoms with Crippen molar-refractivity contribution >= 4 is 17.3 Å². The summed E-state index contributed by atoms with van der Waals surface area (Å²) in [5, 5.41) is 3.67. The molecule has 0 atom stereocenters. The molecule has 0 bridgehead atoms. The molecule has 148 valence electrons. The molecule has 0 aliphatic carbocycles. The van der Waals surface area contributed by atoms with Gasteiger partial charge in [-0.15, -0.1) is 0 Å². The second-order valence-electron chi connectivity index (χ2n) is 7.82. The molecule has 0 radical (unpaired) electrons. The third-order valence-corrected chi connectivity index (χ3v) is 5.96. The van der Waals surface area contributed by atoms with Crippen LogP contribution in [0.2, 0.25) is 0 Å². The highest BCUT2D eigenvalue weighted by molar-refractivity contribution is 5.95. The van der Waals surface area contributed by atoms with E-state index in [9.17, 15) is 4.79 Å². The van der Waals surface area contributed by atoms with E-state index in [-0.39, 0.29) is 5.91 Å². The molecule has 0 unspecified atom stereocenters. The normalized spacial score (nSPS) is 18.1. The van der Waals surface area contributed by atoms with Gasteiger partial charge in [0, 0.05) is 56.2 Å². The minimum absolute atomic E-state index is 0.249. The first-order valence-corrected chi connectivity index (χ1v) is 10.6. The van der Waals surface area contributed by atoms with Crippen LogP contribution in [0.25, 0.3) is 0 Å². The van der Waals surface area contributed by atoms with Crippen molar-refractivity contribution in [3.05, 3.63) is 53.9 Å². The largest absolute Gasteiger partial charge is 0.371 e. The van der Waals surface area contributed by atoms with Crippen LogP contribution in [0.1, 0.15) is 43.9 Å². The maximum Gasteiger partial charge on any atom is 0.227 e. The summed E-state index contributed by atoms with van der Waals surface area (Å²) in [7, 11) is 0. The Morgan fingerprint density at radius 1 is 1.04 bits per heavy atom. The second kappa shape index (κ2) is 8.74. The number of carbonyl (C=O) groups is 1. The van der Waals surface area contributed by atoms with Crippen LogP contribution >= 0.6 is 0 Å². The Labute approximate surface area is 167 Å². The number of hydrogen-bond donors (Lipinski definition) is 1. The third-order valence-electron chi connectivity index (χ3n) is 5.96. The van der Waals surface area contributed by atoms with Crippen molar-refractivity contribution in [2.75, 3.05) is 29.4 Å². The molecular weight excluding hydrogens is 348 g/mol. The molecule has 2 aliphatic heterocycles. The van der Waals surface area contributed by atoms with E-state index in [1.54, 1.807) is 0 Å². The first kappa shape index (κ1) is 18.9. The quantitative estimate of drug-likeness (QED) is 0.835. The SMILES string of the molecule is CCc1ccc(CNC2CCN(c3ccc(N4CCCC4=O)cc3)CC2)nc1. The van der Waals surface area contributed by atoms with E-state index in [4.69, 9.17) is 0 Å². The number of carbonyl (C=O) groups excluding carboxylic acids is 1. The average Bonchev–Trinajstić information content (AvgIpc) is 3.19. The van der Waals surface area contributed by atoms with Crippen molar-refractivity contribution in [3.8, 4) is 0 Å². The summed E-state index contributed by atoms with van der Waals surface area (Å²) in [6.45, 7) is 5.96. The van der Waals surface area contributed by atoms with E-state index in [0.29, 0.717) is 12.5 Å². The highest BCUT2D eigenvalue weighted by Crippen LogP contribution is 2.26. The minimum Gasteiger partial charge on any atom is -0.371 e. The fourth-order valence-electron chi connectivity index (χ4n) is 4.12. The topological polar surface area (TPSA) is 48.5 Å². The Morgan fingerprint density at radius 2 is 1.79 bits per heavy atom. The molecule has 4 rings (SSSR count). The van der Waals surface area contributed by atoms with Crippen molar-refractivity contribution in [2.45, 2.75) is 51.6 Å². The maximum atomic E-state index is 11.9. The molecule has 5 heteroatoms. The van der Waals surface area contributed by atoms with Crippen molar-refractivity contribution in [1.82, 2.24) is 10.3 Å². The van der Waals surface area contributed by atoms with E-state index < -0.39 is 0 Å². The Bertz CT molecular complexity index is 779.